The molecule has 1 N–H and O–H groups in total. The SMILES string of the molecule is CCNC(=NCCN(C)C1CCCC1)N1CCN(c2ccccn2)CC1.I. The molecule has 1 aromatic rings. The largest absolute Gasteiger partial charge is 0.357 e. The fourth-order valence-corrected chi connectivity index (χ4v) is 3.96. The number of likely N-dealkylation sites (N-methyl/N-ethyl adjacent to an activating group) is 1. The fourth-order valence-electron chi connectivity index (χ4n) is 3.96. The molecular formula is C20H35IN6. The molecule has 152 valence electrons. The van der Waals surface area contributed by atoms with E-state index in [1.54, 1.807) is 0 Å². The van der Waals surface area contributed by atoms with Crippen LogP contribution in [0.5, 0.6) is 0 Å². The van der Waals surface area contributed by atoms with Crippen LogP contribution in [0.1, 0.15) is 32.6 Å². The van der Waals surface area contributed by atoms with Gasteiger partial charge in [0.25, 0.3) is 0 Å². The molecule has 0 atom stereocenters. The fraction of sp³-hybridized carbons (Fsp3) is 0.700. The lowest BCUT2D eigenvalue weighted by Gasteiger charge is -2.37. The van der Waals surface area contributed by atoms with Crippen molar-refractivity contribution in [3.63, 3.8) is 0 Å². The van der Waals surface area contributed by atoms with Crippen molar-refractivity contribution in [1.29, 1.82) is 0 Å². The maximum atomic E-state index is 4.90. The number of aliphatic imine (C=N–C) groups is 1. The number of guanidine groups is 1. The van der Waals surface area contributed by atoms with E-state index in [0.29, 0.717) is 0 Å². The van der Waals surface area contributed by atoms with Crippen LogP contribution in [-0.4, -0.2) is 79.6 Å². The first-order valence-electron chi connectivity index (χ1n) is 10.2. The third-order valence-electron chi connectivity index (χ3n) is 5.55. The van der Waals surface area contributed by atoms with E-state index in [-0.39, 0.29) is 24.0 Å². The number of hydrogen-bond donors (Lipinski definition) is 1. The van der Waals surface area contributed by atoms with Crippen LogP contribution in [0.4, 0.5) is 5.82 Å². The number of pyridine rings is 1. The lowest BCUT2D eigenvalue weighted by Crippen LogP contribution is -2.53. The molecule has 2 heterocycles. The summed E-state index contributed by atoms with van der Waals surface area (Å²) in [7, 11) is 2.25. The van der Waals surface area contributed by atoms with Gasteiger partial charge in [0.2, 0.25) is 0 Å². The van der Waals surface area contributed by atoms with Crippen molar-refractivity contribution < 1.29 is 0 Å². The zero-order chi connectivity index (χ0) is 18.2. The number of halogens is 1. The molecule has 1 aliphatic carbocycles. The lowest BCUT2D eigenvalue weighted by atomic mass is 10.2. The van der Waals surface area contributed by atoms with Crippen LogP contribution in [0.15, 0.2) is 29.4 Å². The van der Waals surface area contributed by atoms with Crippen molar-refractivity contribution in [1.82, 2.24) is 20.1 Å². The van der Waals surface area contributed by atoms with Crippen LogP contribution in [0, 0.1) is 0 Å². The Kier molecular flexibility index (Phi) is 9.61. The third kappa shape index (κ3) is 6.48. The Balaban J connectivity index is 0.00000261. The molecular weight excluding hydrogens is 451 g/mol. The summed E-state index contributed by atoms with van der Waals surface area (Å²) in [5.41, 5.74) is 0. The van der Waals surface area contributed by atoms with E-state index in [2.05, 4.69) is 51.1 Å². The highest BCUT2D eigenvalue weighted by Gasteiger charge is 2.21. The number of piperazine rings is 1. The first kappa shape index (κ1) is 22.2. The van der Waals surface area contributed by atoms with Gasteiger partial charge in [-0.15, -0.1) is 24.0 Å². The highest BCUT2D eigenvalue weighted by atomic mass is 127. The predicted octanol–water partition coefficient (Wildman–Crippen LogP) is 2.66. The monoisotopic (exact) mass is 486 g/mol. The molecule has 0 aromatic carbocycles. The molecule has 0 bridgehead atoms. The van der Waals surface area contributed by atoms with E-state index in [0.717, 1.165) is 63.6 Å². The van der Waals surface area contributed by atoms with Crippen molar-refractivity contribution in [3.8, 4) is 0 Å². The van der Waals surface area contributed by atoms with Crippen molar-refractivity contribution in [2.75, 3.05) is 57.8 Å². The predicted molar refractivity (Wildman–Crippen MR) is 124 cm³/mol. The average Bonchev–Trinajstić information content (AvgIpc) is 3.23. The number of nitrogens with one attached hydrogen (secondary N) is 1. The Morgan fingerprint density at radius 2 is 1.96 bits per heavy atom. The summed E-state index contributed by atoms with van der Waals surface area (Å²) in [6.45, 7) is 8.93. The molecule has 6 nitrogen and oxygen atoms in total. The standard InChI is InChI=1S/C20H34N6.HI/c1-3-21-20(23-12-13-24(2)18-8-4-5-9-18)26-16-14-25(15-17-26)19-10-6-7-11-22-19;/h6-7,10-11,18H,3-5,8-9,12-17H2,1-2H3,(H,21,23);1H. The number of hydrogen-bond acceptors (Lipinski definition) is 4. The Morgan fingerprint density at radius 3 is 2.59 bits per heavy atom. The van der Waals surface area contributed by atoms with Gasteiger partial charge in [-0.05, 0) is 38.9 Å². The maximum Gasteiger partial charge on any atom is 0.194 e. The Labute approximate surface area is 181 Å². The highest BCUT2D eigenvalue weighted by Crippen LogP contribution is 2.22. The number of aromatic nitrogens is 1. The minimum absolute atomic E-state index is 0. The summed E-state index contributed by atoms with van der Waals surface area (Å²) in [4.78, 5) is 16.6. The summed E-state index contributed by atoms with van der Waals surface area (Å²) >= 11 is 0. The zero-order valence-corrected chi connectivity index (χ0v) is 19.1. The minimum atomic E-state index is 0. The summed E-state index contributed by atoms with van der Waals surface area (Å²) in [6.07, 6.45) is 7.36. The zero-order valence-electron chi connectivity index (χ0n) is 16.8. The smallest absolute Gasteiger partial charge is 0.194 e. The van der Waals surface area contributed by atoms with Gasteiger partial charge in [0.1, 0.15) is 5.82 Å². The van der Waals surface area contributed by atoms with Gasteiger partial charge in [0, 0.05) is 51.5 Å². The lowest BCUT2D eigenvalue weighted by molar-refractivity contribution is 0.252. The molecule has 1 aliphatic heterocycles. The van der Waals surface area contributed by atoms with Crippen molar-refractivity contribution >= 4 is 35.8 Å². The van der Waals surface area contributed by atoms with Gasteiger partial charge < -0.3 is 20.0 Å². The maximum absolute atomic E-state index is 4.90. The molecule has 7 heteroatoms. The van der Waals surface area contributed by atoms with E-state index < -0.39 is 0 Å². The van der Waals surface area contributed by atoms with Crippen LogP contribution >= 0.6 is 24.0 Å². The molecule has 1 saturated heterocycles. The van der Waals surface area contributed by atoms with Gasteiger partial charge in [-0.25, -0.2) is 4.98 Å². The quantitative estimate of drug-likeness (QED) is 0.381. The number of nitrogens with zero attached hydrogens (tertiary/aromatic N) is 5. The molecule has 0 unspecified atom stereocenters. The molecule has 2 fully saturated rings. The summed E-state index contributed by atoms with van der Waals surface area (Å²) < 4.78 is 0. The van der Waals surface area contributed by atoms with Gasteiger partial charge in [-0.3, -0.25) is 4.99 Å². The summed E-state index contributed by atoms with van der Waals surface area (Å²) in [5.74, 6) is 2.14. The molecule has 27 heavy (non-hydrogen) atoms. The van der Waals surface area contributed by atoms with E-state index >= 15 is 0 Å². The molecule has 1 aromatic heterocycles. The molecule has 0 radical (unpaired) electrons. The van der Waals surface area contributed by atoms with Gasteiger partial charge in [0.15, 0.2) is 5.96 Å². The second kappa shape index (κ2) is 11.7. The van der Waals surface area contributed by atoms with Crippen LogP contribution in [0.2, 0.25) is 0 Å². The van der Waals surface area contributed by atoms with E-state index in [9.17, 15) is 0 Å². The summed E-state index contributed by atoms with van der Waals surface area (Å²) in [5, 5.41) is 3.47. The van der Waals surface area contributed by atoms with E-state index in [1.807, 2.05) is 12.3 Å². The molecule has 1 saturated carbocycles. The van der Waals surface area contributed by atoms with Crippen molar-refractivity contribution in [3.05, 3.63) is 24.4 Å². The van der Waals surface area contributed by atoms with Gasteiger partial charge in [-0.1, -0.05) is 18.9 Å². The van der Waals surface area contributed by atoms with Crippen molar-refractivity contribution in [2.24, 2.45) is 4.99 Å². The normalized spacial score (nSPS) is 18.7. The van der Waals surface area contributed by atoms with Gasteiger partial charge in [0.05, 0.1) is 6.54 Å². The van der Waals surface area contributed by atoms with Gasteiger partial charge >= 0.3 is 0 Å². The summed E-state index contributed by atoms with van der Waals surface area (Å²) in [6, 6.07) is 6.89. The molecule has 0 spiro atoms. The minimum Gasteiger partial charge on any atom is -0.357 e. The molecule has 3 rings (SSSR count). The second-order valence-electron chi connectivity index (χ2n) is 7.32. The van der Waals surface area contributed by atoms with E-state index in [4.69, 9.17) is 4.99 Å². The van der Waals surface area contributed by atoms with Crippen molar-refractivity contribution in [2.45, 2.75) is 38.6 Å². The molecule has 0 amide bonds. The van der Waals surface area contributed by atoms with E-state index in [1.165, 1.54) is 25.7 Å². The molecule has 2 aliphatic rings. The van der Waals surface area contributed by atoms with Crippen LogP contribution < -0.4 is 10.2 Å². The average molecular weight is 486 g/mol. The first-order chi connectivity index (χ1) is 12.8. The number of anilines is 1. The third-order valence-corrected chi connectivity index (χ3v) is 5.55. The van der Waals surface area contributed by atoms with Crippen LogP contribution in [0.3, 0.4) is 0 Å². The Bertz CT molecular complexity index is 553. The Hall–Kier alpha value is -1.09. The van der Waals surface area contributed by atoms with Crippen LogP contribution in [-0.2, 0) is 0 Å². The number of rotatable bonds is 6. The highest BCUT2D eigenvalue weighted by molar-refractivity contribution is 14.0. The Morgan fingerprint density at radius 1 is 1.22 bits per heavy atom. The van der Waals surface area contributed by atoms with Crippen LogP contribution in [0.25, 0.3) is 0 Å². The second-order valence-corrected chi connectivity index (χ2v) is 7.32. The van der Waals surface area contributed by atoms with Gasteiger partial charge in [-0.2, -0.15) is 0 Å². The first-order valence-corrected chi connectivity index (χ1v) is 10.2. The topological polar surface area (TPSA) is 47.0 Å².